The van der Waals surface area contributed by atoms with E-state index in [-0.39, 0.29) is 6.61 Å². The van der Waals surface area contributed by atoms with Gasteiger partial charge in [0.2, 0.25) is 0 Å². The first-order valence-electron chi connectivity index (χ1n) is 5.11. The van der Waals surface area contributed by atoms with Crippen molar-refractivity contribution in [3.8, 4) is 0 Å². The van der Waals surface area contributed by atoms with Crippen molar-refractivity contribution in [2.24, 2.45) is 0 Å². The fraction of sp³-hybridized carbons (Fsp3) is 0.417. The molecule has 1 rings (SSSR count). The highest BCUT2D eigenvalue weighted by atomic mass is 19.3. The molecule has 2 nitrogen and oxygen atoms in total. The average molecular weight is 228 g/mol. The number of hydrogen-bond acceptors (Lipinski definition) is 2. The van der Waals surface area contributed by atoms with Crippen LogP contribution < -0.4 is 0 Å². The number of carbonyl (C=O) groups is 1. The monoisotopic (exact) mass is 228 g/mol. The molecule has 1 aromatic carbocycles. The van der Waals surface area contributed by atoms with Crippen LogP contribution in [0.4, 0.5) is 8.78 Å². The van der Waals surface area contributed by atoms with E-state index in [9.17, 15) is 13.6 Å². The van der Waals surface area contributed by atoms with E-state index < -0.39 is 24.7 Å². The minimum absolute atomic E-state index is 0.125. The Kier molecular flexibility index (Phi) is 4.40. The standard InChI is InChI=1S/C12H14F2O2/c1-2-16-11(15)9-12(13,14)8-10-6-4-3-5-7-10/h3-7H,2,8-9H2,1H3. The lowest BCUT2D eigenvalue weighted by Gasteiger charge is -2.15. The van der Waals surface area contributed by atoms with Gasteiger partial charge in [-0.05, 0) is 12.5 Å². The van der Waals surface area contributed by atoms with Gasteiger partial charge in [0.15, 0.2) is 0 Å². The molecule has 0 radical (unpaired) electrons. The fourth-order valence-corrected chi connectivity index (χ4v) is 1.38. The normalized spacial score (nSPS) is 11.2. The fourth-order valence-electron chi connectivity index (χ4n) is 1.38. The van der Waals surface area contributed by atoms with E-state index in [1.54, 1.807) is 37.3 Å². The van der Waals surface area contributed by atoms with Crippen molar-refractivity contribution in [3.63, 3.8) is 0 Å². The Balaban J connectivity index is 2.54. The van der Waals surface area contributed by atoms with Crippen LogP contribution in [0.1, 0.15) is 18.9 Å². The van der Waals surface area contributed by atoms with E-state index in [4.69, 9.17) is 0 Å². The zero-order valence-corrected chi connectivity index (χ0v) is 9.08. The van der Waals surface area contributed by atoms with Gasteiger partial charge >= 0.3 is 5.97 Å². The maximum absolute atomic E-state index is 13.4. The molecule has 0 aliphatic rings. The highest BCUT2D eigenvalue weighted by molar-refractivity contribution is 5.70. The first-order chi connectivity index (χ1) is 7.53. The van der Waals surface area contributed by atoms with Crippen molar-refractivity contribution < 1.29 is 18.3 Å². The summed E-state index contributed by atoms with van der Waals surface area (Å²) < 4.78 is 31.3. The van der Waals surface area contributed by atoms with Crippen LogP contribution in [-0.2, 0) is 16.0 Å². The molecule has 4 heteroatoms. The largest absolute Gasteiger partial charge is 0.466 e. The zero-order chi connectivity index (χ0) is 12.0. The first kappa shape index (κ1) is 12.6. The summed E-state index contributed by atoms with van der Waals surface area (Å²) in [4.78, 5) is 10.9. The van der Waals surface area contributed by atoms with Crippen LogP contribution in [0.15, 0.2) is 30.3 Å². The van der Waals surface area contributed by atoms with E-state index in [0.717, 1.165) is 0 Å². The number of ether oxygens (including phenoxy) is 1. The van der Waals surface area contributed by atoms with Crippen molar-refractivity contribution >= 4 is 5.97 Å². The molecule has 0 heterocycles. The molecule has 0 aliphatic heterocycles. The number of rotatable bonds is 5. The Morgan fingerprint density at radius 3 is 2.50 bits per heavy atom. The molecule has 0 saturated carbocycles. The molecule has 1 aromatic rings. The van der Waals surface area contributed by atoms with Crippen LogP contribution in [-0.4, -0.2) is 18.5 Å². The summed E-state index contributed by atoms with van der Waals surface area (Å²) in [6.07, 6.45) is -1.30. The van der Waals surface area contributed by atoms with Crippen LogP contribution in [0.5, 0.6) is 0 Å². The Morgan fingerprint density at radius 1 is 1.31 bits per heavy atom. The van der Waals surface area contributed by atoms with Gasteiger partial charge in [-0.2, -0.15) is 0 Å². The van der Waals surface area contributed by atoms with Crippen molar-refractivity contribution in [1.29, 1.82) is 0 Å². The number of esters is 1. The molecule has 88 valence electrons. The molecule has 0 spiro atoms. The molecular formula is C12H14F2O2. The molecule has 0 fully saturated rings. The number of benzene rings is 1. The van der Waals surface area contributed by atoms with Crippen molar-refractivity contribution in [2.75, 3.05) is 6.61 Å². The maximum Gasteiger partial charge on any atom is 0.311 e. The minimum atomic E-state index is -3.05. The lowest BCUT2D eigenvalue weighted by atomic mass is 10.1. The predicted octanol–water partition coefficient (Wildman–Crippen LogP) is 2.82. The Morgan fingerprint density at radius 2 is 1.94 bits per heavy atom. The average Bonchev–Trinajstić information content (AvgIpc) is 2.17. The van der Waals surface area contributed by atoms with Gasteiger partial charge < -0.3 is 4.74 Å². The molecule has 0 bridgehead atoms. The van der Waals surface area contributed by atoms with Crippen LogP contribution >= 0.6 is 0 Å². The second-order valence-corrected chi connectivity index (χ2v) is 3.50. The van der Waals surface area contributed by atoms with Gasteiger partial charge in [0.1, 0.15) is 6.42 Å². The third kappa shape index (κ3) is 4.38. The summed E-state index contributed by atoms with van der Waals surface area (Å²) >= 11 is 0. The van der Waals surface area contributed by atoms with E-state index in [1.165, 1.54) is 0 Å². The van der Waals surface area contributed by atoms with Gasteiger partial charge in [-0.25, -0.2) is 8.78 Å². The Labute approximate surface area is 93.2 Å². The molecule has 0 unspecified atom stereocenters. The highest BCUT2D eigenvalue weighted by Crippen LogP contribution is 2.24. The van der Waals surface area contributed by atoms with E-state index in [2.05, 4.69) is 4.74 Å². The number of alkyl halides is 2. The van der Waals surface area contributed by atoms with E-state index >= 15 is 0 Å². The Hall–Kier alpha value is -1.45. The maximum atomic E-state index is 13.4. The van der Waals surface area contributed by atoms with Crippen LogP contribution in [0.3, 0.4) is 0 Å². The summed E-state index contributed by atoms with van der Waals surface area (Å²) in [5.74, 6) is -3.91. The molecule has 0 saturated heterocycles. The van der Waals surface area contributed by atoms with Gasteiger partial charge in [-0.1, -0.05) is 30.3 Å². The first-order valence-corrected chi connectivity index (χ1v) is 5.11. The SMILES string of the molecule is CCOC(=O)CC(F)(F)Cc1ccccc1. The highest BCUT2D eigenvalue weighted by Gasteiger charge is 2.33. The van der Waals surface area contributed by atoms with Gasteiger partial charge in [-0.15, -0.1) is 0 Å². The van der Waals surface area contributed by atoms with Crippen molar-refractivity contribution in [2.45, 2.75) is 25.7 Å². The molecule has 16 heavy (non-hydrogen) atoms. The zero-order valence-electron chi connectivity index (χ0n) is 9.08. The van der Waals surface area contributed by atoms with Gasteiger partial charge in [0.25, 0.3) is 5.92 Å². The molecule has 0 N–H and O–H groups in total. The lowest BCUT2D eigenvalue weighted by Crippen LogP contribution is -2.25. The van der Waals surface area contributed by atoms with Crippen LogP contribution in [0, 0.1) is 0 Å². The van der Waals surface area contributed by atoms with Gasteiger partial charge in [0.05, 0.1) is 6.61 Å². The number of halogens is 2. The molecule has 0 aromatic heterocycles. The molecule has 0 atom stereocenters. The Bertz CT molecular complexity index is 336. The van der Waals surface area contributed by atoms with Gasteiger partial charge in [0, 0.05) is 6.42 Å². The van der Waals surface area contributed by atoms with Gasteiger partial charge in [-0.3, -0.25) is 4.79 Å². The quantitative estimate of drug-likeness (QED) is 0.724. The summed E-state index contributed by atoms with van der Waals surface area (Å²) in [5.41, 5.74) is 0.511. The summed E-state index contributed by atoms with van der Waals surface area (Å²) in [5, 5.41) is 0. The van der Waals surface area contributed by atoms with Crippen molar-refractivity contribution in [3.05, 3.63) is 35.9 Å². The summed E-state index contributed by atoms with van der Waals surface area (Å²) in [6.45, 7) is 1.72. The second kappa shape index (κ2) is 5.58. The predicted molar refractivity (Wildman–Crippen MR) is 56.3 cm³/mol. The molecular weight excluding hydrogens is 214 g/mol. The van der Waals surface area contributed by atoms with E-state index in [0.29, 0.717) is 5.56 Å². The van der Waals surface area contributed by atoms with Crippen LogP contribution in [0.2, 0.25) is 0 Å². The third-order valence-electron chi connectivity index (χ3n) is 2.01. The lowest BCUT2D eigenvalue weighted by molar-refractivity contribution is -0.150. The van der Waals surface area contributed by atoms with Crippen molar-refractivity contribution in [1.82, 2.24) is 0 Å². The summed E-state index contributed by atoms with van der Waals surface area (Å²) in [7, 11) is 0. The smallest absolute Gasteiger partial charge is 0.311 e. The van der Waals surface area contributed by atoms with Crippen LogP contribution in [0.25, 0.3) is 0 Å². The van der Waals surface area contributed by atoms with E-state index in [1.807, 2.05) is 0 Å². The number of hydrogen-bond donors (Lipinski definition) is 0. The molecule has 0 amide bonds. The second-order valence-electron chi connectivity index (χ2n) is 3.50. The topological polar surface area (TPSA) is 26.3 Å². The third-order valence-corrected chi connectivity index (χ3v) is 2.01. The molecule has 0 aliphatic carbocycles. The minimum Gasteiger partial charge on any atom is -0.466 e. The number of carbonyl (C=O) groups excluding carboxylic acids is 1. The summed E-state index contributed by atoms with van der Waals surface area (Å²) in [6, 6.07) is 8.36.